The monoisotopic (exact) mass is 290 g/mol. The number of likely N-dealkylation sites (N-methyl/N-ethyl adjacent to an activating group) is 1. The van der Waals surface area contributed by atoms with E-state index in [9.17, 15) is 9.59 Å². The van der Waals surface area contributed by atoms with Gasteiger partial charge in [0.15, 0.2) is 0 Å². The van der Waals surface area contributed by atoms with Crippen molar-refractivity contribution in [2.45, 2.75) is 18.9 Å². The van der Waals surface area contributed by atoms with E-state index in [2.05, 4.69) is 6.58 Å². The standard InChI is InChI=1S/C16H22N2O3/c1-3-7-13(10-15(19)20)16(21)18(2)11-14(17)12-8-5-4-6-9-12/h3-6,8-9,13-14H,1,7,10-11,17H2,2H3,(H,19,20)/t13-,14-/m0/s1. The van der Waals surface area contributed by atoms with Gasteiger partial charge in [-0.25, -0.2) is 0 Å². The van der Waals surface area contributed by atoms with Crippen LogP contribution in [0.4, 0.5) is 0 Å². The maximum absolute atomic E-state index is 12.3. The van der Waals surface area contributed by atoms with Crippen molar-refractivity contribution in [2.24, 2.45) is 11.7 Å². The molecule has 0 aliphatic carbocycles. The number of benzene rings is 1. The second-order valence-electron chi connectivity index (χ2n) is 5.06. The van der Waals surface area contributed by atoms with E-state index in [-0.39, 0.29) is 18.4 Å². The zero-order chi connectivity index (χ0) is 15.8. The van der Waals surface area contributed by atoms with Gasteiger partial charge in [0.05, 0.1) is 12.3 Å². The molecule has 0 aliphatic heterocycles. The van der Waals surface area contributed by atoms with Crippen LogP contribution in [0.15, 0.2) is 43.0 Å². The zero-order valence-corrected chi connectivity index (χ0v) is 12.2. The van der Waals surface area contributed by atoms with E-state index < -0.39 is 11.9 Å². The minimum absolute atomic E-state index is 0.199. The molecule has 0 spiro atoms. The number of nitrogens with zero attached hydrogens (tertiary/aromatic N) is 1. The average molecular weight is 290 g/mol. The molecule has 0 unspecified atom stereocenters. The van der Waals surface area contributed by atoms with Crippen molar-refractivity contribution in [1.29, 1.82) is 0 Å². The van der Waals surface area contributed by atoms with Crippen molar-refractivity contribution in [2.75, 3.05) is 13.6 Å². The first-order valence-electron chi connectivity index (χ1n) is 6.84. The quantitative estimate of drug-likeness (QED) is 0.715. The summed E-state index contributed by atoms with van der Waals surface area (Å²) in [5.41, 5.74) is 7.02. The van der Waals surface area contributed by atoms with E-state index in [4.69, 9.17) is 10.8 Å². The molecule has 1 rings (SSSR count). The molecular weight excluding hydrogens is 268 g/mol. The number of carboxylic acid groups (broad SMARTS) is 1. The molecular formula is C16H22N2O3. The Balaban J connectivity index is 2.67. The predicted octanol–water partition coefficient (Wildman–Crippen LogP) is 1.81. The van der Waals surface area contributed by atoms with E-state index in [1.165, 1.54) is 4.90 Å². The molecule has 2 atom stereocenters. The van der Waals surface area contributed by atoms with Crippen LogP contribution in [0.25, 0.3) is 0 Å². The third kappa shape index (κ3) is 5.39. The van der Waals surface area contributed by atoms with Gasteiger partial charge in [-0.15, -0.1) is 6.58 Å². The lowest BCUT2D eigenvalue weighted by Gasteiger charge is -2.25. The van der Waals surface area contributed by atoms with Crippen LogP contribution in [-0.2, 0) is 9.59 Å². The van der Waals surface area contributed by atoms with Crippen LogP contribution in [-0.4, -0.2) is 35.5 Å². The van der Waals surface area contributed by atoms with Crippen LogP contribution < -0.4 is 5.73 Å². The molecule has 5 nitrogen and oxygen atoms in total. The molecule has 1 aromatic carbocycles. The van der Waals surface area contributed by atoms with E-state index in [0.29, 0.717) is 13.0 Å². The second-order valence-corrected chi connectivity index (χ2v) is 5.06. The molecule has 1 amide bonds. The Bertz CT molecular complexity index is 488. The summed E-state index contributed by atoms with van der Waals surface area (Å²) in [5, 5.41) is 8.87. The fourth-order valence-corrected chi connectivity index (χ4v) is 2.19. The summed E-state index contributed by atoms with van der Waals surface area (Å²) >= 11 is 0. The highest BCUT2D eigenvalue weighted by Gasteiger charge is 2.24. The number of rotatable bonds is 8. The Morgan fingerprint density at radius 3 is 2.52 bits per heavy atom. The highest BCUT2D eigenvalue weighted by atomic mass is 16.4. The maximum atomic E-state index is 12.3. The normalized spacial score (nSPS) is 13.2. The summed E-state index contributed by atoms with van der Waals surface area (Å²) in [4.78, 5) is 24.6. The molecule has 21 heavy (non-hydrogen) atoms. The molecule has 0 saturated carbocycles. The van der Waals surface area contributed by atoms with Gasteiger partial charge < -0.3 is 15.7 Å². The van der Waals surface area contributed by atoms with Gasteiger partial charge in [0.1, 0.15) is 0 Å². The minimum Gasteiger partial charge on any atom is -0.481 e. The van der Waals surface area contributed by atoms with Crippen molar-refractivity contribution in [3.05, 3.63) is 48.6 Å². The molecule has 3 N–H and O–H groups in total. The van der Waals surface area contributed by atoms with E-state index >= 15 is 0 Å². The average Bonchev–Trinajstić information content (AvgIpc) is 2.46. The number of carbonyl (C=O) groups excluding carboxylic acids is 1. The number of carbonyl (C=O) groups is 2. The summed E-state index contributed by atoms with van der Waals surface area (Å²) in [6.07, 6.45) is 1.71. The Hall–Kier alpha value is -2.14. The van der Waals surface area contributed by atoms with Crippen LogP contribution >= 0.6 is 0 Å². The van der Waals surface area contributed by atoms with Gasteiger partial charge in [0.2, 0.25) is 5.91 Å². The summed E-state index contributed by atoms with van der Waals surface area (Å²) in [6.45, 7) is 3.91. The van der Waals surface area contributed by atoms with Crippen molar-refractivity contribution in [3.8, 4) is 0 Å². The largest absolute Gasteiger partial charge is 0.481 e. The number of aliphatic carboxylic acids is 1. The fourth-order valence-electron chi connectivity index (χ4n) is 2.19. The zero-order valence-electron chi connectivity index (χ0n) is 12.2. The first kappa shape index (κ1) is 16.9. The topological polar surface area (TPSA) is 83.6 Å². The SMILES string of the molecule is C=CC[C@@H](CC(=O)O)C(=O)N(C)C[C@H](N)c1ccccc1. The first-order valence-corrected chi connectivity index (χ1v) is 6.84. The maximum Gasteiger partial charge on any atom is 0.304 e. The van der Waals surface area contributed by atoms with Gasteiger partial charge in [-0.1, -0.05) is 36.4 Å². The van der Waals surface area contributed by atoms with Crippen LogP contribution in [0.2, 0.25) is 0 Å². The lowest BCUT2D eigenvalue weighted by Crippen LogP contribution is -2.38. The van der Waals surface area contributed by atoms with Crippen molar-refractivity contribution in [1.82, 2.24) is 4.90 Å². The third-order valence-electron chi connectivity index (χ3n) is 3.30. The molecule has 5 heteroatoms. The smallest absolute Gasteiger partial charge is 0.304 e. The highest BCUT2D eigenvalue weighted by molar-refractivity contribution is 5.83. The van der Waals surface area contributed by atoms with Crippen molar-refractivity contribution >= 4 is 11.9 Å². The number of hydrogen-bond donors (Lipinski definition) is 2. The Morgan fingerprint density at radius 1 is 1.38 bits per heavy atom. The molecule has 0 bridgehead atoms. The molecule has 0 aromatic heterocycles. The van der Waals surface area contributed by atoms with Crippen LogP contribution in [0, 0.1) is 5.92 Å². The third-order valence-corrected chi connectivity index (χ3v) is 3.30. The van der Waals surface area contributed by atoms with Gasteiger partial charge in [-0.3, -0.25) is 9.59 Å². The number of nitrogens with two attached hydrogens (primary N) is 1. The molecule has 114 valence electrons. The van der Waals surface area contributed by atoms with Crippen LogP contribution in [0.1, 0.15) is 24.4 Å². The fraction of sp³-hybridized carbons (Fsp3) is 0.375. The summed E-state index contributed by atoms with van der Waals surface area (Å²) in [5.74, 6) is -1.80. The number of carboxylic acids is 1. The van der Waals surface area contributed by atoms with E-state index in [1.54, 1.807) is 13.1 Å². The Kier molecular flexibility index (Phi) is 6.62. The van der Waals surface area contributed by atoms with Gasteiger partial charge in [0.25, 0.3) is 0 Å². The van der Waals surface area contributed by atoms with E-state index in [0.717, 1.165) is 5.56 Å². The highest BCUT2D eigenvalue weighted by Crippen LogP contribution is 2.16. The van der Waals surface area contributed by atoms with Crippen LogP contribution in [0.5, 0.6) is 0 Å². The molecule has 1 aromatic rings. The number of amides is 1. The Labute approximate surface area is 125 Å². The van der Waals surface area contributed by atoms with Gasteiger partial charge >= 0.3 is 5.97 Å². The molecule has 0 aliphatic rings. The molecule has 0 saturated heterocycles. The van der Waals surface area contributed by atoms with Gasteiger partial charge in [-0.2, -0.15) is 0 Å². The van der Waals surface area contributed by atoms with Crippen molar-refractivity contribution < 1.29 is 14.7 Å². The lowest BCUT2D eigenvalue weighted by molar-refractivity contribution is -0.144. The number of hydrogen-bond acceptors (Lipinski definition) is 3. The molecule has 0 heterocycles. The van der Waals surface area contributed by atoms with Gasteiger partial charge in [0, 0.05) is 19.6 Å². The lowest BCUT2D eigenvalue weighted by atomic mass is 9.99. The first-order chi connectivity index (χ1) is 9.95. The minimum atomic E-state index is -0.990. The number of allylic oxidation sites excluding steroid dienone is 1. The Morgan fingerprint density at radius 2 is 2.00 bits per heavy atom. The summed E-state index contributed by atoms with van der Waals surface area (Å²) in [7, 11) is 1.64. The second kappa shape index (κ2) is 8.21. The van der Waals surface area contributed by atoms with E-state index in [1.807, 2.05) is 30.3 Å². The predicted molar refractivity (Wildman–Crippen MR) is 81.6 cm³/mol. The van der Waals surface area contributed by atoms with Crippen molar-refractivity contribution in [3.63, 3.8) is 0 Å². The molecule has 0 fully saturated rings. The van der Waals surface area contributed by atoms with Crippen LogP contribution in [0.3, 0.4) is 0 Å². The van der Waals surface area contributed by atoms with Gasteiger partial charge in [-0.05, 0) is 12.0 Å². The summed E-state index contributed by atoms with van der Waals surface area (Å²) in [6, 6.07) is 9.19. The molecule has 0 radical (unpaired) electrons. The summed E-state index contributed by atoms with van der Waals surface area (Å²) < 4.78 is 0.